The van der Waals surface area contributed by atoms with Crippen molar-refractivity contribution in [3.63, 3.8) is 0 Å². The monoisotopic (exact) mass is 535 g/mol. The average molecular weight is 536 g/mol. The summed E-state index contributed by atoms with van der Waals surface area (Å²) in [6.45, 7) is 8.39. The van der Waals surface area contributed by atoms with Crippen LogP contribution in [-0.2, 0) is 29.7 Å². The average Bonchev–Trinajstić information content (AvgIpc) is 3.48. The lowest BCUT2D eigenvalue weighted by atomic mass is 10.1. The predicted molar refractivity (Wildman–Crippen MR) is 149 cm³/mol. The van der Waals surface area contributed by atoms with Crippen molar-refractivity contribution in [2.45, 2.75) is 39.9 Å². The van der Waals surface area contributed by atoms with Gasteiger partial charge in [0.1, 0.15) is 0 Å². The van der Waals surface area contributed by atoms with E-state index in [0.29, 0.717) is 43.5 Å². The highest BCUT2D eigenvalue weighted by Gasteiger charge is 2.27. The molecule has 39 heavy (non-hydrogen) atoms. The number of hydrazine groups is 1. The van der Waals surface area contributed by atoms with Gasteiger partial charge in [-0.1, -0.05) is 44.2 Å². The van der Waals surface area contributed by atoms with Gasteiger partial charge in [-0.25, -0.2) is 9.80 Å². The minimum absolute atomic E-state index is 0.0159. The van der Waals surface area contributed by atoms with Crippen molar-refractivity contribution in [3.05, 3.63) is 69.7 Å². The van der Waals surface area contributed by atoms with Gasteiger partial charge < -0.3 is 20.0 Å². The first-order chi connectivity index (χ1) is 18.6. The zero-order valence-corrected chi connectivity index (χ0v) is 23.2. The minimum atomic E-state index is -0.568. The number of nitrogens with zero attached hydrogens (tertiary/aromatic N) is 5. The lowest BCUT2D eigenvalue weighted by Crippen LogP contribution is -2.48. The first-order valence-electron chi connectivity index (χ1n) is 13.1. The first-order valence-corrected chi connectivity index (χ1v) is 13.1. The number of anilines is 1. The zero-order valence-electron chi connectivity index (χ0n) is 23.2. The second kappa shape index (κ2) is 12.3. The van der Waals surface area contributed by atoms with Crippen molar-refractivity contribution in [3.8, 4) is 11.5 Å². The number of benzene rings is 2. The summed E-state index contributed by atoms with van der Waals surface area (Å²) in [4.78, 5) is 40.1. The molecule has 208 valence electrons. The number of nitrogens with one attached hydrogen (secondary N) is 2. The number of hydrogen-bond donors (Lipinski definition) is 2. The fraction of sp³-hybridized carbons (Fsp3) is 0.429. The van der Waals surface area contributed by atoms with E-state index in [2.05, 4.69) is 27.9 Å². The molecule has 2 amide bonds. The van der Waals surface area contributed by atoms with E-state index in [9.17, 15) is 14.4 Å². The molecule has 0 aliphatic carbocycles. The number of carbonyl (C=O) groups is 2. The molecule has 1 aromatic heterocycles. The molecule has 0 atom stereocenters. The van der Waals surface area contributed by atoms with Crippen LogP contribution in [0.15, 0.2) is 51.7 Å². The van der Waals surface area contributed by atoms with Gasteiger partial charge in [-0.05, 0) is 35.7 Å². The smallest absolute Gasteiger partial charge is 0.388 e. The highest BCUT2D eigenvalue weighted by Crippen LogP contribution is 2.28. The molecule has 0 saturated heterocycles. The molecule has 1 aliphatic heterocycles. The summed E-state index contributed by atoms with van der Waals surface area (Å²) < 4.78 is 6.39. The normalized spacial score (nSPS) is 13.0. The predicted octanol–water partition coefficient (Wildman–Crippen LogP) is 1.66. The summed E-state index contributed by atoms with van der Waals surface area (Å²) in [7, 11) is 3.27. The highest BCUT2D eigenvalue weighted by molar-refractivity contribution is 5.87. The van der Waals surface area contributed by atoms with E-state index in [1.54, 1.807) is 29.1 Å². The SMILES string of the molecule is Cc1ccc(-c2nn(C)c(=O)o2)cc1N(CC(=O)NCCNC(C)C)CC(=O)N(C)N1Cc2ccccc2C1. The van der Waals surface area contributed by atoms with Crippen LogP contribution in [0.3, 0.4) is 0 Å². The van der Waals surface area contributed by atoms with Gasteiger partial charge in [0.2, 0.25) is 11.8 Å². The molecule has 1 aliphatic rings. The molecule has 11 nitrogen and oxygen atoms in total. The Bertz CT molecular complexity index is 1360. The molecule has 0 radical (unpaired) electrons. The third-order valence-electron chi connectivity index (χ3n) is 6.76. The van der Waals surface area contributed by atoms with E-state index in [1.807, 2.05) is 44.0 Å². The third kappa shape index (κ3) is 6.92. The lowest BCUT2D eigenvalue weighted by Gasteiger charge is -2.32. The van der Waals surface area contributed by atoms with Gasteiger partial charge in [0.05, 0.1) is 13.1 Å². The number of likely N-dealkylation sites (N-methyl/N-ethyl adjacent to an activating group) is 1. The highest BCUT2D eigenvalue weighted by atomic mass is 16.4. The van der Waals surface area contributed by atoms with Crippen LogP contribution >= 0.6 is 0 Å². The van der Waals surface area contributed by atoms with E-state index in [0.717, 1.165) is 10.2 Å². The number of hydrogen-bond acceptors (Lipinski definition) is 8. The summed E-state index contributed by atoms with van der Waals surface area (Å²) in [6.07, 6.45) is 0. The van der Waals surface area contributed by atoms with E-state index >= 15 is 0 Å². The van der Waals surface area contributed by atoms with Crippen LogP contribution in [0.5, 0.6) is 0 Å². The van der Waals surface area contributed by atoms with Crippen molar-refractivity contribution in [2.75, 3.05) is 38.1 Å². The number of aromatic nitrogens is 2. The van der Waals surface area contributed by atoms with Crippen LogP contribution in [0.2, 0.25) is 0 Å². The molecule has 2 N–H and O–H groups in total. The summed E-state index contributed by atoms with van der Waals surface area (Å²) in [5.74, 6) is -0.738. The largest absolute Gasteiger partial charge is 0.437 e. The standard InChI is InChI=1S/C28H37N7O4/c1-19(2)29-12-13-30-25(36)17-34(18-26(37)33(5)35-15-22-8-6-7-9-23(22)16-35)24-14-21(11-10-20(24)3)27-31-32(4)28(38)39-27/h6-11,14,19,29H,12-13,15-18H2,1-5H3,(H,30,36). The fourth-order valence-electron chi connectivity index (χ4n) is 4.51. The number of rotatable bonds is 11. The maximum Gasteiger partial charge on any atom is 0.437 e. The number of aryl methyl sites for hydroxylation is 2. The molecular formula is C28H37N7O4. The van der Waals surface area contributed by atoms with Gasteiger partial charge in [0, 0.05) is 57.6 Å². The fourth-order valence-corrected chi connectivity index (χ4v) is 4.51. The summed E-state index contributed by atoms with van der Waals surface area (Å²) >= 11 is 0. The Morgan fingerprint density at radius 1 is 1.08 bits per heavy atom. The minimum Gasteiger partial charge on any atom is -0.388 e. The molecule has 3 aromatic rings. The molecule has 0 fully saturated rings. The van der Waals surface area contributed by atoms with Crippen LogP contribution in [0.1, 0.15) is 30.5 Å². The third-order valence-corrected chi connectivity index (χ3v) is 6.76. The van der Waals surface area contributed by atoms with Crippen molar-refractivity contribution < 1.29 is 14.0 Å². The maximum atomic E-state index is 13.5. The second-order valence-corrected chi connectivity index (χ2v) is 10.1. The van der Waals surface area contributed by atoms with Gasteiger partial charge in [-0.3, -0.25) is 14.6 Å². The van der Waals surface area contributed by atoms with Crippen molar-refractivity contribution >= 4 is 17.5 Å². The Balaban J connectivity index is 1.54. The summed E-state index contributed by atoms with van der Waals surface area (Å²) in [5, 5.41) is 14.0. The molecule has 0 saturated carbocycles. The van der Waals surface area contributed by atoms with Gasteiger partial charge in [0.25, 0.3) is 5.91 Å². The first kappa shape index (κ1) is 28.1. The number of fused-ring (bicyclic) bond motifs is 1. The van der Waals surface area contributed by atoms with Crippen molar-refractivity contribution in [1.82, 2.24) is 30.4 Å². The zero-order chi connectivity index (χ0) is 28.1. The maximum absolute atomic E-state index is 13.5. The van der Waals surface area contributed by atoms with Crippen molar-refractivity contribution in [2.24, 2.45) is 7.05 Å². The van der Waals surface area contributed by atoms with Gasteiger partial charge in [-0.15, -0.1) is 5.10 Å². The van der Waals surface area contributed by atoms with Crippen LogP contribution in [0, 0.1) is 6.92 Å². The molecule has 0 unspecified atom stereocenters. The van der Waals surface area contributed by atoms with Crippen LogP contribution < -0.4 is 21.3 Å². The van der Waals surface area contributed by atoms with Crippen LogP contribution in [-0.4, -0.2) is 70.9 Å². The molecule has 11 heteroatoms. The number of amides is 2. The molecule has 4 rings (SSSR count). The van der Waals surface area contributed by atoms with E-state index < -0.39 is 5.76 Å². The van der Waals surface area contributed by atoms with Crippen molar-refractivity contribution in [1.29, 1.82) is 0 Å². The quantitative estimate of drug-likeness (QED) is 0.356. The topological polar surface area (TPSA) is 116 Å². The Hall–Kier alpha value is -3.96. The van der Waals surface area contributed by atoms with Crippen LogP contribution in [0.4, 0.5) is 5.69 Å². The Kier molecular flexibility index (Phi) is 8.82. The van der Waals surface area contributed by atoms with Gasteiger partial charge in [0.15, 0.2) is 0 Å². The Labute approximate surface area is 228 Å². The summed E-state index contributed by atoms with van der Waals surface area (Å²) in [5.41, 5.74) is 4.53. The van der Waals surface area contributed by atoms with E-state index in [4.69, 9.17) is 4.42 Å². The number of carbonyl (C=O) groups excluding carboxylic acids is 2. The molecule has 0 bridgehead atoms. The molecule has 2 heterocycles. The second-order valence-electron chi connectivity index (χ2n) is 10.1. The summed E-state index contributed by atoms with van der Waals surface area (Å²) in [6, 6.07) is 13.9. The van der Waals surface area contributed by atoms with Gasteiger partial charge >= 0.3 is 5.76 Å². The Morgan fingerprint density at radius 3 is 2.38 bits per heavy atom. The molecule has 2 aromatic carbocycles. The molecular weight excluding hydrogens is 498 g/mol. The van der Waals surface area contributed by atoms with Crippen LogP contribution in [0.25, 0.3) is 11.5 Å². The lowest BCUT2D eigenvalue weighted by molar-refractivity contribution is -0.145. The molecule has 0 spiro atoms. The van der Waals surface area contributed by atoms with Gasteiger partial charge in [-0.2, -0.15) is 4.68 Å². The van der Waals surface area contributed by atoms with E-state index in [-0.39, 0.29) is 30.8 Å². The van der Waals surface area contributed by atoms with E-state index in [1.165, 1.54) is 18.2 Å². The Morgan fingerprint density at radius 2 is 1.77 bits per heavy atom.